The molecule has 0 bridgehead atoms. The molecular formula is C12H18N3O2S+. The summed E-state index contributed by atoms with van der Waals surface area (Å²) in [7, 11) is 0. The number of thiocarbonyl (C=S) groups is 1. The predicted octanol–water partition coefficient (Wildman–Crippen LogP) is -0.268. The molecule has 0 fully saturated rings. The molecule has 0 aliphatic rings. The Kier molecular flexibility index (Phi) is 5.93. The summed E-state index contributed by atoms with van der Waals surface area (Å²) < 4.78 is 11.0. The zero-order chi connectivity index (χ0) is 13.4. The molecule has 0 amide bonds. The van der Waals surface area contributed by atoms with Gasteiger partial charge in [-0.05, 0) is 44.3 Å². The minimum absolute atomic E-state index is 0.183. The first-order valence-electron chi connectivity index (χ1n) is 5.71. The van der Waals surface area contributed by atoms with Crippen LogP contribution in [0.2, 0.25) is 0 Å². The van der Waals surface area contributed by atoms with E-state index in [4.69, 9.17) is 15.2 Å². The van der Waals surface area contributed by atoms with Gasteiger partial charge in [-0.3, -0.25) is 0 Å². The largest absolute Gasteiger partial charge is 0.490 e. The molecule has 0 aliphatic heterocycles. The first kappa shape index (κ1) is 14.2. The summed E-state index contributed by atoms with van der Waals surface area (Å²) in [4.78, 5) is 0. The first-order valence-corrected chi connectivity index (χ1v) is 6.12. The minimum atomic E-state index is 0.183. The lowest BCUT2D eigenvalue weighted by atomic mass is 10.2. The third kappa shape index (κ3) is 4.58. The van der Waals surface area contributed by atoms with Crippen LogP contribution in [0.5, 0.6) is 11.5 Å². The number of ether oxygens (including phenoxy) is 2. The highest BCUT2D eigenvalue weighted by molar-refractivity contribution is 7.80. The molecule has 6 heteroatoms. The highest BCUT2D eigenvalue weighted by atomic mass is 32.1. The zero-order valence-electron chi connectivity index (χ0n) is 10.5. The van der Waals surface area contributed by atoms with Crippen LogP contribution in [0, 0.1) is 0 Å². The predicted molar refractivity (Wildman–Crippen MR) is 74.8 cm³/mol. The fourth-order valence-corrected chi connectivity index (χ4v) is 1.41. The van der Waals surface area contributed by atoms with Gasteiger partial charge in [0.25, 0.3) is 0 Å². The SMILES string of the molecule is CCOc1ccc(C=[NH+]NC(N)=S)cc1OCC. The maximum atomic E-state index is 5.51. The molecule has 0 heterocycles. The van der Waals surface area contributed by atoms with Gasteiger partial charge in [-0.2, -0.15) is 0 Å². The standard InChI is InChI=1S/C12H17N3O2S/c1-3-16-10-6-5-9(7-11(10)17-4-2)8-14-15-12(13)18/h5-8H,3-4H2,1-2H3,(H3,13,15,18)/p+1. The molecule has 0 spiro atoms. The fraction of sp³-hybridized carbons (Fsp3) is 0.333. The van der Waals surface area contributed by atoms with Crippen molar-refractivity contribution < 1.29 is 14.6 Å². The first-order chi connectivity index (χ1) is 8.67. The molecule has 0 aromatic heterocycles. The summed E-state index contributed by atoms with van der Waals surface area (Å²) in [5.41, 5.74) is 8.83. The lowest BCUT2D eigenvalue weighted by Crippen LogP contribution is -2.82. The molecule has 1 rings (SSSR count). The van der Waals surface area contributed by atoms with Gasteiger partial charge in [0.1, 0.15) is 0 Å². The van der Waals surface area contributed by atoms with Crippen LogP contribution >= 0.6 is 12.2 Å². The van der Waals surface area contributed by atoms with Crippen molar-refractivity contribution in [2.24, 2.45) is 5.73 Å². The van der Waals surface area contributed by atoms with Crippen LogP contribution in [-0.2, 0) is 0 Å². The summed E-state index contributed by atoms with van der Waals surface area (Å²) in [5.74, 6) is 1.45. The van der Waals surface area contributed by atoms with E-state index in [0.717, 1.165) is 11.3 Å². The van der Waals surface area contributed by atoms with Gasteiger partial charge in [0.15, 0.2) is 17.7 Å². The zero-order valence-corrected chi connectivity index (χ0v) is 11.3. The van der Waals surface area contributed by atoms with Crippen LogP contribution in [0.1, 0.15) is 19.4 Å². The van der Waals surface area contributed by atoms with Crippen LogP contribution in [0.3, 0.4) is 0 Å². The lowest BCUT2D eigenvalue weighted by molar-refractivity contribution is -0.499. The Morgan fingerprint density at radius 1 is 1.33 bits per heavy atom. The van der Waals surface area contributed by atoms with E-state index < -0.39 is 0 Å². The topological polar surface area (TPSA) is 70.5 Å². The quantitative estimate of drug-likeness (QED) is 0.376. The maximum Gasteiger partial charge on any atom is 0.221 e. The van der Waals surface area contributed by atoms with E-state index in [1.54, 1.807) is 6.21 Å². The third-order valence-electron chi connectivity index (χ3n) is 2.00. The number of hydrogen-bond acceptors (Lipinski definition) is 3. The summed E-state index contributed by atoms with van der Waals surface area (Å²) in [6.45, 7) is 5.05. The maximum absolute atomic E-state index is 5.51. The Bertz CT molecular complexity index is 435. The third-order valence-corrected chi connectivity index (χ3v) is 2.10. The number of nitrogens with two attached hydrogens (primary N) is 1. The van der Waals surface area contributed by atoms with Gasteiger partial charge in [0.2, 0.25) is 5.11 Å². The van der Waals surface area contributed by atoms with Crippen molar-refractivity contribution in [2.75, 3.05) is 13.2 Å². The van der Waals surface area contributed by atoms with Crippen LogP contribution in [0.25, 0.3) is 0 Å². The van der Waals surface area contributed by atoms with Crippen LogP contribution < -0.4 is 25.7 Å². The molecule has 0 saturated heterocycles. The summed E-state index contributed by atoms with van der Waals surface area (Å²) in [5, 5.41) is 2.97. The van der Waals surface area contributed by atoms with E-state index in [9.17, 15) is 0 Å². The molecule has 1 aromatic rings. The van der Waals surface area contributed by atoms with Gasteiger partial charge < -0.3 is 15.2 Å². The molecule has 98 valence electrons. The van der Waals surface area contributed by atoms with Crippen molar-refractivity contribution in [1.29, 1.82) is 0 Å². The Morgan fingerprint density at radius 2 is 2.00 bits per heavy atom. The van der Waals surface area contributed by atoms with E-state index in [1.807, 2.05) is 32.0 Å². The number of rotatable bonds is 6. The van der Waals surface area contributed by atoms with E-state index in [2.05, 4.69) is 22.7 Å². The number of hydrogen-bond donors (Lipinski definition) is 3. The summed E-state index contributed by atoms with van der Waals surface area (Å²) in [6, 6.07) is 5.65. The lowest BCUT2D eigenvalue weighted by Gasteiger charge is -2.10. The van der Waals surface area contributed by atoms with Crippen molar-refractivity contribution in [3.63, 3.8) is 0 Å². The normalized spacial score (nSPS) is 10.3. The number of benzene rings is 1. The molecule has 0 atom stereocenters. The Labute approximate surface area is 112 Å². The molecule has 0 radical (unpaired) electrons. The second-order valence-electron chi connectivity index (χ2n) is 3.35. The Morgan fingerprint density at radius 3 is 2.61 bits per heavy atom. The van der Waals surface area contributed by atoms with E-state index in [1.165, 1.54) is 0 Å². The van der Waals surface area contributed by atoms with Crippen LogP contribution in [-0.4, -0.2) is 24.5 Å². The average Bonchev–Trinajstić information content (AvgIpc) is 2.32. The second-order valence-corrected chi connectivity index (χ2v) is 3.79. The molecule has 0 saturated carbocycles. The Balaban J connectivity index is 2.84. The van der Waals surface area contributed by atoms with Gasteiger partial charge in [-0.25, -0.2) is 0 Å². The molecule has 0 unspecified atom stereocenters. The van der Waals surface area contributed by atoms with Crippen molar-refractivity contribution in [2.45, 2.75) is 13.8 Å². The van der Waals surface area contributed by atoms with Gasteiger partial charge in [-0.1, -0.05) is 0 Å². The molecule has 4 N–H and O–H groups in total. The minimum Gasteiger partial charge on any atom is -0.490 e. The number of hydrazine groups is 1. The van der Waals surface area contributed by atoms with Crippen molar-refractivity contribution in [3.8, 4) is 11.5 Å². The van der Waals surface area contributed by atoms with Crippen molar-refractivity contribution >= 4 is 23.5 Å². The molecule has 5 nitrogen and oxygen atoms in total. The highest BCUT2D eigenvalue weighted by Gasteiger charge is 2.06. The van der Waals surface area contributed by atoms with E-state index >= 15 is 0 Å². The summed E-state index contributed by atoms with van der Waals surface area (Å²) in [6.07, 6.45) is 1.73. The van der Waals surface area contributed by atoms with Gasteiger partial charge in [0.05, 0.1) is 13.2 Å². The molecule has 18 heavy (non-hydrogen) atoms. The molecule has 0 aliphatic carbocycles. The second kappa shape index (κ2) is 7.50. The van der Waals surface area contributed by atoms with Crippen LogP contribution in [0.15, 0.2) is 18.2 Å². The number of hydrazone groups is 1. The van der Waals surface area contributed by atoms with Crippen LogP contribution in [0.4, 0.5) is 0 Å². The van der Waals surface area contributed by atoms with Gasteiger partial charge in [-0.15, -0.1) is 10.5 Å². The fourth-order valence-electron chi connectivity index (χ4n) is 1.35. The van der Waals surface area contributed by atoms with Gasteiger partial charge >= 0.3 is 0 Å². The number of nitrogens with one attached hydrogen (secondary N) is 2. The monoisotopic (exact) mass is 268 g/mol. The van der Waals surface area contributed by atoms with E-state index in [0.29, 0.717) is 19.0 Å². The average molecular weight is 268 g/mol. The Hall–Kier alpha value is -1.82. The smallest absolute Gasteiger partial charge is 0.221 e. The van der Waals surface area contributed by atoms with Crippen molar-refractivity contribution in [3.05, 3.63) is 23.8 Å². The molecule has 1 aromatic carbocycles. The summed E-state index contributed by atoms with van der Waals surface area (Å²) >= 11 is 4.67. The van der Waals surface area contributed by atoms with Gasteiger partial charge in [0, 0.05) is 5.56 Å². The highest BCUT2D eigenvalue weighted by Crippen LogP contribution is 2.27. The van der Waals surface area contributed by atoms with Crippen molar-refractivity contribution in [1.82, 2.24) is 5.43 Å². The molecular weight excluding hydrogens is 250 g/mol. The van der Waals surface area contributed by atoms with E-state index in [-0.39, 0.29) is 5.11 Å².